The number of rotatable bonds is 6. The number of thiazole rings is 1. The lowest BCUT2D eigenvalue weighted by molar-refractivity contribution is -0.139. The molecule has 0 amide bonds. The van der Waals surface area contributed by atoms with Gasteiger partial charge in [0.05, 0.1) is 49.8 Å². The normalized spacial score (nSPS) is 15.5. The summed E-state index contributed by atoms with van der Waals surface area (Å²) in [6.45, 7) is 3.75. The number of carbonyl (C=O) groups is 1. The highest BCUT2D eigenvalue weighted by Gasteiger charge is 2.33. The van der Waals surface area contributed by atoms with Gasteiger partial charge in [0.15, 0.2) is 4.80 Å². The molecule has 3 aromatic rings. The van der Waals surface area contributed by atoms with E-state index in [9.17, 15) is 9.59 Å². The molecule has 0 radical (unpaired) electrons. The van der Waals surface area contributed by atoms with E-state index in [1.54, 1.807) is 32.6 Å². The Morgan fingerprint density at radius 2 is 1.80 bits per heavy atom. The topological polar surface area (TPSA) is 79.1 Å². The van der Waals surface area contributed by atoms with E-state index in [0.717, 1.165) is 24.0 Å². The molecule has 2 aromatic carbocycles. The number of nitrogens with zero attached hydrogens (tertiary/aromatic N) is 2. The van der Waals surface area contributed by atoms with Gasteiger partial charge < -0.3 is 14.2 Å². The molecule has 182 valence electrons. The largest absolute Gasteiger partial charge is 0.497 e. The summed E-state index contributed by atoms with van der Waals surface area (Å²) in [5.74, 6) is 1.00. The van der Waals surface area contributed by atoms with Gasteiger partial charge in [0, 0.05) is 0 Å². The molecular formula is C25H22I2N2O5S. The Labute approximate surface area is 233 Å². The van der Waals surface area contributed by atoms with Gasteiger partial charge in [-0.3, -0.25) is 9.36 Å². The molecule has 0 fully saturated rings. The van der Waals surface area contributed by atoms with Crippen LogP contribution in [0.3, 0.4) is 0 Å². The first-order valence-corrected chi connectivity index (χ1v) is 13.6. The summed E-state index contributed by atoms with van der Waals surface area (Å²) in [5.41, 5.74) is 2.32. The molecule has 0 saturated heterocycles. The molecule has 0 saturated carbocycles. The number of methoxy groups -OCH3 is 2. The summed E-state index contributed by atoms with van der Waals surface area (Å²) in [7, 11) is 3.23. The summed E-state index contributed by atoms with van der Waals surface area (Å²) in [4.78, 5) is 31.8. The highest BCUT2D eigenvalue weighted by molar-refractivity contribution is 14.1. The monoisotopic (exact) mass is 716 g/mol. The van der Waals surface area contributed by atoms with Crippen molar-refractivity contribution in [1.29, 1.82) is 0 Å². The van der Waals surface area contributed by atoms with Crippen molar-refractivity contribution in [1.82, 2.24) is 4.57 Å². The molecule has 35 heavy (non-hydrogen) atoms. The van der Waals surface area contributed by atoms with Crippen molar-refractivity contribution in [3.8, 4) is 11.5 Å². The summed E-state index contributed by atoms with van der Waals surface area (Å²) in [6, 6.07) is 10.6. The first kappa shape index (κ1) is 25.9. The maximum absolute atomic E-state index is 13.7. The fourth-order valence-corrected chi connectivity index (χ4v) is 7.21. The number of halogens is 2. The van der Waals surface area contributed by atoms with E-state index in [2.05, 4.69) is 50.2 Å². The first-order valence-electron chi connectivity index (χ1n) is 10.7. The second-order valence-electron chi connectivity index (χ2n) is 7.59. The van der Waals surface area contributed by atoms with Crippen molar-refractivity contribution in [3.05, 3.63) is 85.6 Å². The van der Waals surface area contributed by atoms with E-state index in [1.807, 2.05) is 42.5 Å². The minimum Gasteiger partial charge on any atom is -0.497 e. The molecule has 4 rings (SSSR count). The Morgan fingerprint density at radius 3 is 2.37 bits per heavy atom. The van der Waals surface area contributed by atoms with E-state index in [1.165, 1.54) is 11.3 Å². The zero-order chi connectivity index (χ0) is 25.3. The average molecular weight is 716 g/mol. The summed E-state index contributed by atoms with van der Waals surface area (Å²) < 4.78 is 20.1. The van der Waals surface area contributed by atoms with Gasteiger partial charge >= 0.3 is 5.97 Å². The Kier molecular flexibility index (Phi) is 8.01. The summed E-state index contributed by atoms with van der Waals surface area (Å²) in [5, 5.41) is 0. The van der Waals surface area contributed by atoms with E-state index in [4.69, 9.17) is 14.2 Å². The van der Waals surface area contributed by atoms with Crippen LogP contribution in [0.1, 0.15) is 31.0 Å². The van der Waals surface area contributed by atoms with Crippen molar-refractivity contribution >= 4 is 68.6 Å². The molecule has 1 atom stereocenters. The number of benzene rings is 2. The van der Waals surface area contributed by atoms with Crippen molar-refractivity contribution in [2.75, 3.05) is 20.8 Å². The Morgan fingerprint density at radius 1 is 1.14 bits per heavy atom. The molecule has 0 bridgehead atoms. The minimum absolute atomic E-state index is 0.218. The molecule has 1 aliphatic heterocycles. The molecule has 2 heterocycles. The number of aromatic nitrogens is 1. The fourth-order valence-electron chi connectivity index (χ4n) is 3.90. The minimum atomic E-state index is -0.658. The van der Waals surface area contributed by atoms with Crippen LogP contribution in [0.15, 0.2) is 57.5 Å². The molecule has 0 spiro atoms. The lowest BCUT2D eigenvalue weighted by atomic mass is 9.96. The first-order chi connectivity index (χ1) is 16.8. The SMILES string of the molecule is CCOC(=O)C1=C(C)N=c2s/c(=C\c3cc(I)c(OC)c(I)c3)c(=O)n2[C@H]1c1ccc(OC)cc1. The van der Waals surface area contributed by atoms with Gasteiger partial charge in [-0.15, -0.1) is 0 Å². The highest BCUT2D eigenvalue weighted by Crippen LogP contribution is 2.32. The third-order valence-corrected chi connectivity index (χ3v) is 8.06. The highest BCUT2D eigenvalue weighted by atomic mass is 127. The van der Waals surface area contributed by atoms with Gasteiger partial charge in [0.2, 0.25) is 0 Å². The van der Waals surface area contributed by atoms with E-state index in [0.29, 0.717) is 26.4 Å². The molecule has 1 aromatic heterocycles. The van der Waals surface area contributed by atoms with Gasteiger partial charge in [-0.25, -0.2) is 9.79 Å². The van der Waals surface area contributed by atoms with E-state index in [-0.39, 0.29) is 12.2 Å². The second kappa shape index (κ2) is 10.8. The van der Waals surface area contributed by atoms with Crippen LogP contribution in [0.2, 0.25) is 0 Å². The lowest BCUT2D eigenvalue weighted by Gasteiger charge is -2.24. The van der Waals surface area contributed by atoms with Crippen LogP contribution >= 0.6 is 56.5 Å². The predicted molar refractivity (Wildman–Crippen MR) is 152 cm³/mol. The van der Waals surface area contributed by atoms with Gasteiger partial charge in [0.25, 0.3) is 5.56 Å². The lowest BCUT2D eigenvalue weighted by Crippen LogP contribution is -2.39. The number of fused-ring (bicyclic) bond motifs is 1. The average Bonchev–Trinajstić information content (AvgIpc) is 3.12. The predicted octanol–water partition coefficient (Wildman–Crippen LogP) is 4.02. The number of carbonyl (C=O) groups excluding carboxylic acids is 1. The van der Waals surface area contributed by atoms with Gasteiger partial charge in [-0.05, 0) is 100 Å². The van der Waals surface area contributed by atoms with Crippen molar-refractivity contribution < 1.29 is 19.0 Å². The Hall–Kier alpha value is -2.19. The maximum atomic E-state index is 13.7. The number of hydrogen-bond acceptors (Lipinski definition) is 7. The molecular weight excluding hydrogens is 694 g/mol. The van der Waals surface area contributed by atoms with E-state index >= 15 is 0 Å². The smallest absolute Gasteiger partial charge is 0.338 e. The van der Waals surface area contributed by atoms with Crippen LogP contribution in [-0.2, 0) is 9.53 Å². The zero-order valence-corrected chi connectivity index (χ0v) is 24.6. The molecule has 0 aliphatic carbocycles. The zero-order valence-electron chi connectivity index (χ0n) is 19.4. The van der Waals surface area contributed by atoms with Crippen molar-refractivity contribution in [2.45, 2.75) is 19.9 Å². The number of ether oxygens (including phenoxy) is 3. The molecule has 0 N–H and O–H groups in total. The quantitative estimate of drug-likeness (QED) is 0.285. The standard InChI is InChI=1S/C25H22I2N2O5S/c1-5-34-24(31)20-13(2)28-25-29(21(20)15-6-8-16(32-3)9-7-15)23(30)19(35-25)12-14-10-17(26)22(33-4)18(27)11-14/h6-12,21H,5H2,1-4H3/b19-12-/t21-/m0/s1. The number of allylic oxidation sites excluding steroid dienone is 1. The number of esters is 1. The van der Waals surface area contributed by atoms with Crippen LogP contribution in [0.4, 0.5) is 0 Å². The van der Waals surface area contributed by atoms with Crippen molar-refractivity contribution in [3.63, 3.8) is 0 Å². The van der Waals surface area contributed by atoms with Gasteiger partial charge in [-0.1, -0.05) is 23.5 Å². The maximum Gasteiger partial charge on any atom is 0.338 e. The Balaban J connectivity index is 1.93. The van der Waals surface area contributed by atoms with Gasteiger partial charge in [0.1, 0.15) is 11.5 Å². The molecule has 7 nitrogen and oxygen atoms in total. The summed E-state index contributed by atoms with van der Waals surface area (Å²) >= 11 is 5.74. The van der Waals surface area contributed by atoms with E-state index < -0.39 is 12.0 Å². The molecule has 0 unspecified atom stereocenters. The van der Waals surface area contributed by atoms with Crippen LogP contribution in [0, 0.1) is 7.14 Å². The third-order valence-electron chi connectivity index (χ3n) is 5.47. The fraction of sp³-hybridized carbons (Fsp3) is 0.240. The molecule has 1 aliphatic rings. The van der Waals surface area contributed by atoms with Crippen LogP contribution in [0.25, 0.3) is 6.08 Å². The van der Waals surface area contributed by atoms with Crippen LogP contribution in [-0.4, -0.2) is 31.4 Å². The van der Waals surface area contributed by atoms with Gasteiger partial charge in [-0.2, -0.15) is 0 Å². The number of hydrogen-bond donors (Lipinski definition) is 0. The van der Waals surface area contributed by atoms with Crippen molar-refractivity contribution in [2.24, 2.45) is 4.99 Å². The van der Waals surface area contributed by atoms with Crippen LogP contribution < -0.4 is 24.4 Å². The molecule has 10 heteroatoms. The third kappa shape index (κ3) is 5.05. The summed E-state index contributed by atoms with van der Waals surface area (Å²) in [6.07, 6.45) is 1.85. The Bertz CT molecular complexity index is 1480. The van der Waals surface area contributed by atoms with Crippen LogP contribution in [0.5, 0.6) is 11.5 Å². The second-order valence-corrected chi connectivity index (χ2v) is 10.9.